The first-order valence-corrected chi connectivity index (χ1v) is 15.5. The van der Waals surface area contributed by atoms with Crippen molar-refractivity contribution in [3.8, 4) is 17.2 Å². The number of rotatable bonds is 15. The number of amides is 2. The second-order valence-corrected chi connectivity index (χ2v) is 11.8. The van der Waals surface area contributed by atoms with Crippen molar-refractivity contribution in [1.29, 1.82) is 0 Å². The van der Waals surface area contributed by atoms with Crippen molar-refractivity contribution >= 4 is 27.5 Å². The van der Waals surface area contributed by atoms with Gasteiger partial charge in [-0.1, -0.05) is 43.7 Å². The molecule has 11 heteroatoms. The Morgan fingerprint density at radius 3 is 2.05 bits per heavy atom. The van der Waals surface area contributed by atoms with Gasteiger partial charge < -0.3 is 24.4 Å². The smallest absolute Gasteiger partial charge is 0.264 e. The van der Waals surface area contributed by atoms with E-state index in [1.165, 1.54) is 37.3 Å². The lowest BCUT2D eigenvalue weighted by molar-refractivity contribution is -0.140. The molecule has 0 saturated heterocycles. The van der Waals surface area contributed by atoms with Crippen molar-refractivity contribution in [1.82, 2.24) is 10.2 Å². The third-order valence-electron chi connectivity index (χ3n) is 6.99. The summed E-state index contributed by atoms with van der Waals surface area (Å²) in [6.45, 7) is 5.55. The fourth-order valence-corrected chi connectivity index (χ4v) is 5.97. The minimum absolute atomic E-state index is 0.00482. The van der Waals surface area contributed by atoms with Crippen LogP contribution < -0.4 is 23.8 Å². The van der Waals surface area contributed by atoms with Crippen LogP contribution in [-0.2, 0) is 26.2 Å². The Labute approximate surface area is 254 Å². The number of benzene rings is 3. The number of nitrogens with one attached hydrogen (secondary N) is 1. The monoisotopic (exact) mass is 611 g/mol. The molecule has 1 unspecified atom stereocenters. The Bertz CT molecular complexity index is 1480. The Balaban J connectivity index is 2.13. The van der Waals surface area contributed by atoms with Gasteiger partial charge in [-0.25, -0.2) is 8.42 Å². The van der Waals surface area contributed by atoms with Crippen LogP contribution in [0.15, 0.2) is 71.6 Å². The van der Waals surface area contributed by atoms with Crippen LogP contribution >= 0.6 is 0 Å². The highest BCUT2D eigenvalue weighted by Crippen LogP contribution is 2.36. The Kier molecular flexibility index (Phi) is 11.8. The third kappa shape index (κ3) is 8.19. The Morgan fingerprint density at radius 2 is 1.49 bits per heavy atom. The van der Waals surface area contributed by atoms with Gasteiger partial charge in [0.25, 0.3) is 10.0 Å². The molecule has 2 amide bonds. The lowest BCUT2D eigenvalue weighted by Crippen LogP contribution is -2.52. The van der Waals surface area contributed by atoms with E-state index < -0.39 is 28.5 Å². The number of carbonyl (C=O) groups excluding carboxylic acids is 2. The maximum atomic E-state index is 14.3. The number of sulfonamides is 1. The molecule has 0 radical (unpaired) electrons. The zero-order chi connectivity index (χ0) is 31.6. The number of nitrogens with zero attached hydrogens (tertiary/aromatic N) is 2. The van der Waals surface area contributed by atoms with Crippen molar-refractivity contribution in [2.75, 3.05) is 38.7 Å². The molecule has 0 saturated carbocycles. The molecule has 3 aromatic rings. The predicted octanol–water partition coefficient (Wildman–Crippen LogP) is 4.55. The molecule has 0 aliphatic carbocycles. The number of hydrogen-bond acceptors (Lipinski definition) is 7. The normalized spacial score (nSPS) is 11.8. The third-order valence-corrected chi connectivity index (χ3v) is 8.76. The Hall–Kier alpha value is -4.25. The number of carbonyl (C=O) groups is 2. The second-order valence-electron chi connectivity index (χ2n) is 9.95. The standard InChI is InChI=1S/C32H41N3O7S/c1-7-19-33-32(37)28(8-2)34(21-24-11-13-25(40-4)14-12-24)31(36)22-35(29-20-26(41-5)15-18-30(29)42-6)43(38,39)27-16-9-23(3)10-17-27/h9-18,20,28H,7-8,19,21-22H2,1-6H3,(H,33,37). The zero-order valence-corrected chi connectivity index (χ0v) is 26.4. The van der Waals surface area contributed by atoms with Crippen LogP contribution in [0.25, 0.3) is 0 Å². The topological polar surface area (TPSA) is 114 Å². The van der Waals surface area contributed by atoms with Crippen LogP contribution in [0.3, 0.4) is 0 Å². The second kappa shape index (κ2) is 15.3. The fourth-order valence-electron chi connectivity index (χ4n) is 4.56. The van der Waals surface area contributed by atoms with Crippen molar-refractivity contribution in [2.45, 2.75) is 51.1 Å². The molecular weight excluding hydrogens is 570 g/mol. The molecule has 0 bridgehead atoms. The SMILES string of the molecule is CCCNC(=O)C(CC)N(Cc1ccc(OC)cc1)C(=O)CN(c1cc(OC)ccc1OC)S(=O)(=O)c1ccc(C)cc1. The van der Waals surface area contributed by atoms with Gasteiger partial charge in [-0.15, -0.1) is 0 Å². The van der Waals surface area contributed by atoms with E-state index in [4.69, 9.17) is 14.2 Å². The van der Waals surface area contributed by atoms with E-state index in [1.807, 2.05) is 32.9 Å². The van der Waals surface area contributed by atoms with Crippen LogP contribution in [0, 0.1) is 6.92 Å². The fraction of sp³-hybridized carbons (Fsp3) is 0.375. The van der Waals surface area contributed by atoms with Gasteiger partial charge in [0, 0.05) is 19.2 Å². The lowest BCUT2D eigenvalue weighted by Gasteiger charge is -2.33. The summed E-state index contributed by atoms with van der Waals surface area (Å²) >= 11 is 0. The number of methoxy groups -OCH3 is 3. The molecule has 3 aromatic carbocycles. The summed E-state index contributed by atoms with van der Waals surface area (Å²) in [6.07, 6.45) is 1.05. The van der Waals surface area contributed by atoms with Crippen molar-refractivity contribution in [2.24, 2.45) is 0 Å². The van der Waals surface area contributed by atoms with Crippen molar-refractivity contribution < 1.29 is 32.2 Å². The van der Waals surface area contributed by atoms with E-state index in [1.54, 1.807) is 43.5 Å². The average molecular weight is 612 g/mol. The molecular formula is C32H41N3O7S. The average Bonchev–Trinajstić information content (AvgIpc) is 3.02. The molecule has 1 atom stereocenters. The van der Waals surface area contributed by atoms with Crippen LogP contribution in [0.4, 0.5) is 5.69 Å². The zero-order valence-electron chi connectivity index (χ0n) is 25.6. The summed E-state index contributed by atoms with van der Waals surface area (Å²) < 4.78 is 45.5. The molecule has 0 spiro atoms. The van der Waals surface area contributed by atoms with Crippen LogP contribution in [0.1, 0.15) is 37.8 Å². The molecule has 0 heterocycles. The quantitative estimate of drug-likeness (QED) is 0.268. The molecule has 0 aliphatic rings. The lowest BCUT2D eigenvalue weighted by atomic mass is 10.1. The largest absolute Gasteiger partial charge is 0.497 e. The van der Waals surface area contributed by atoms with Crippen molar-refractivity contribution in [3.63, 3.8) is 0 Å². The summed E-state index contributed by atoms with van der Waals surface area (Å²) in [5.41, 5.74) is 1.77. The summed E-state index contributed by atoms with van der Waals surface area (Å²) in [4.78, 5) is 29.0. The highest BCUT2D eigenvalue weighted by atomic mass is 32.2. The summed E-state index contributed by atoms with van der Waals surface area (Å²) in [5, 5.41) is 2.88. The summed E-state index contributed by atoms with van der Waals surface area (Å²) in [5.74, 6) is 0.398. The maximum absolute atomic E-state index is 14.3. The van der Waals surface area contributed by atoms with Gasteiger partial charge >= 0.3 is 0 Å². The van der Waals surface area contributed by atoms with Gasteiger partial charge in [-0.2, -0.15) is 0 Å². The Morgan fingerprint density at radius 1 is 0.860 bits per heavy atom. The first-order chi connectivity index (χ1) is 20.6. The first kappa shape index (κ1) is 33.3. The van der Waals surface area contributed by atoms with Crippen molar-refractivity contribution in [3.05, 3.63) is 77.9 Å². The molecule has 1 N–H and O–H groups in total. The molecule has 3 rings (SSSR count). The summed E-state index contributed by atoms with van der Waals surface area (Å²) in [7, 11) is 0.176. The minimum atomic E-state index is -4.27. The van der Waals surface area contributed by atoms with E-state index in [0.717, 1.165) is 21.9 Å². The van der Waals surface area contributed by atoms with Gasteiger partial charge in [0.1, 0.15) is 29.8 Å². The minimum Gasteiger partial charge on any atom is -0.497 e. The predicted molar refractivity (Wildman–Crippen MR) is 166 cm³/mol. The molecule has 10 nitrogen and oxygen atoms in total. The molecule has 43 heavy (non-hydrogen) atoms. The van der Waals surface area contributed by atoms with E-state index >= 15 is 0 Å². The van der Waals surface area contributed by atoms with Gasteiger partial charge in [-0.3, -0.25) is 13.9 Å². The summed E-state index contributed by atoms with van der Waals surface area (Å²) in [6, 6.07) is 17.4. The van der Waals surface area contributed by atoms with Crippen LogP contribution in [-0.4, -0.2) is 65.6 Å². The highest BCUT2D eigenvalue weighted by Gasteiger charge is 2.35. The van der Waals surface area contributed by atoms with E-state index in [2.05, 4.69) is 5.32 Å². The van der Waals surface area contributed by atoms with Crippen LogP contribution in [0.5, 0.6) is 17.2 Å². The number of aryl methyl sites for hydroxylation is 1. The van der Waals surface area contributed by atoms with Gasteiger partial charge in [0.15, 0.2) is 0 Å². The van der Waals surface area contributed by atoms with E-state index in [0.29, 0.717) is 24.5 Å². The molecule has 232 valence electrons. The van der Waals surface area contributed by atoms with Gasteiger partial charge in [-0.05, 0) is 61.7 Å². The molecule has 0 fully saturated rings. The van der Waals surface area contributed by atoms with E-state index in [9.17, 15) is 18.0 Å². The number of anilines is 1. The van der Waals surface area contributed by atoms with Gasteiger partial charge in [0.05, 0.1) is 31.9 Å². The molecule has 0 aliphatic heterocycles. The van der Waals surface area contributed by atoms with Crippen LogP contribution in [0.2, 0.25) is 0 Å². The molecule has 0 aromatic heterocycles. The number of hydrogen-bond donors (Lipinski definition) is 1. The van der Waals surface area contributed by atoms with Gasteiger partial charge in [0.2, 0.25) is 11.8 Å². The highest BCUT2D eigenvalue weighted by molar-refractivity contribution is 7.92. The number of ether oxygens (including phenoxy) is 3. The van der Waals surface area contributed by atoms with E-state index in [-0.39, 0.29) is 28.8 Å². The maximum Gasteiger partial charge on any atom is 0.264 e. The first-order valence-electron chi connectivity index (χ1n) is 14.1.